The molecule has 2 heterocycles. The maximum Gasteiger partial charge on any atom is 0.164 e. The quantitative estimate of drug-likeness (QED) is 0.795. The molecule has 90 valence electrons. The number of aromatic nitrogens is 3. The molecule has 0 amide bonds. The fourth-order valence-electron chi connectivity index (χ4n) is 1.71. The Bertz CT molecular complexity index is 475. The van der Waals surface area contributed by atoms with Crippen molar-refractivity contribution in [1.82, 2.24) is 15.1 Å². The van der Waals surface area contributed by atoms with Crippen molar-refractivity contribution in [3.63, 3.8) is 0 Å². The highest BCUT2D eigenvalue weighted by molar-refractivity contribution is 5.61. The smallest absolute Gasteiger partial charge is 0.164 e. The van der Waals surface area contributed by atoms with Crippen molar-refractivity contribution in [2.24, 2.45) is 0 Å². The predicted molar refractivity (Wildman–Crippen MR) is 65.6 cm³/mol. The predicted octanol–water partition coefficient (Wildman–Crippen LogP) is 3.34. The van der Waals surface area contributed by atoms with E-state index in [1.165, 1.54) is 12.8 Å². The second-order valence-electron chi connectivity index (χ2n) is 3.85. The van der Waals surface area contributed by atoms with E-state index >= 15 is 0 Å². The maximum absolute atomic E-state index is 5.34. The van der Waals surface area contributed by atoms with E-state index in [0.29, 0.717) is 5.92 Å². The SMILES string of the molecule is CC.Cc1noc(C2CC2)c1-c1ncccn1. The van der Waals surface area contributed by atoms with Crippen LogP contribution in [0.4, 0.5) is 0 Å². The van der Waals surface area contributed by atoms with E-state index in [2.05, 4.69) is 15.1 Å². The second-order valence-corrected chi connectivity index (χ2v) is 3.85. The van der Waals surface area contributed by atoms with Crippen molar-refractivity contribution in [3.05, 3.63) is 29.9 Å². The summed E-state index contributed by atoms with van der Waals surface area (Å²) in [6.07, 6.45) is 5.86. The van der Waals surface area contributed by atoms with Crippen LogP contribution in [0.5, 0.6) is 0 Å². The number of hydrogen-bond donors (Lipinski definition) is 0. The average Bonchev–Trinajstić information content (AvgIpc) is 3.16. The number of aryl methyl sites for hydroxylation is 1. The summed E-state index contributed by atoms with van der Waals surface area (Å²) in [5.74, 6) is 2.21. The van der Waals surface area contributed by atoms with Gasteiger partial charge in [-0.3, -0.25) is 0 Å². The lowest BCUT2D eigenvalue weighted by atomic mass is 10.1. The van der Waals surface area contributed by atoms with Crippen LogP contribution >= 0.6 is 0 Å². The van der Waals surface area contributed by atoms with Crippen molar-refractivity contribution >= 4 is 0 Å². The third-order valence-electron chi connectivity index (χ3n) is 2.63. The molecule has 0 spiro atoms. The fourth-order valence-corrected chi connectivity index (χ4v) is 1.71. The summed E-state index contributed by atoms with van der Waals surface area (Å²) < 4.78 is 5.34. The van der Waals surface area contributed by atoms with Gasteiger partial charge in [0.1, 0.15) is 0 Å². The standard InChI is InChI=1S/C11H11N3O.C2H6/c1-7-9(11-12-5-2-6-13-11)10(15-14-7)8-3-4-8;1-2/h2,5-6,8H,3-4H2,1H3;1-2H3. The Labute approximate surface area is 101 Å². The Kier molecular flexibility index (Phi) is 3.52. The molecule has 17 heavy (non-hydrogen) atoms. The molecule has 1 fully saturated rings. The van der Waals surface area contributed by atoms with Crippen LogP contribution in [0.25, 0.3) is 11.4 Å². The highest BCUT2D eigenvalue weighted by Gasteiger charge is 2.32. The van der Waals surface area contributed by atoms with E-state index in [0.717, 1.165) is 22.8 Å². The van der Waals surface area contributed by atoms with Gasteiger partial charge in [0.2, 0.25) is 0 Å². The summed E-state index contributed by atoms with van der Waals surface area (Å²) >= 11 is 0. The Morgan fingerprint density at radius 2 is 1.82 bits per heavy atom. The highest BCUT2D eigenvalue weighted by Crippen LogP contribution is 2.44. The molecule has 1 saturated carbocycles. The van der Waals surface area contributed by atoms with Gasteiger partial charge in [-0.15, -0.1) is 0 Å². The van der Waals surface area contributed by atoms with Crippen molar-refractivity contribution < 1.29 is 4.52 Å². The lowest BCUT2D eigenvalue weighted by Gasteiger charge is -1.98. The molecule has 4 heteroatoms. The monoisotopic (exact) mass is 231 g/mol. The van der Waals surface area contributed by atoms with Gasteiger partial charge in [0.25, 0.3) is 0 Å². The topological polar surface area (TPSA) is 51.8 Å². The molecule has 3 rings (SSSR count). The van der Waals surface area contributed by atoms with E-state index in [-0.39, 0.29) is 0 Å². The van der Waals surface area contributed by atoms with Gasteiger partial charge in [0, 0.05) is 18.3 Å². The van der Waals surface area contributed by atoms with Gasteiger partial charge < -0.3 is 4.52 Å². The van der Waals surface area contributed by atoms with Gasteiger partial charge in [-0.05, 0) is 25.8 Å². The normalized spacial score (nSPS) is 14.1. The zero-order valence-electron chi connectivity index (χ0n) is 10.5. The van der Waals surface area contributed by atoms with Gasteiger partial charge in [-0.1, -0.05) is 19.0 Å². The van der Waals surface area contributed by atoms with E-state index in [9.17, 15) is 0 Å². The van der Waals surface area contributed by atoms with Crippen molar-refractivity contribution in [3.8, 4) is 11.4 Å². The molecule has 1 aliphatic carbocycles. The first-order chi connectivity index (χ1) is 8.36. The van der Waals surface area contributed by atoms with Crippen LogP contribution in [0.1, 0.15) is 44.1 Å². The minimum Gasteiger partial charge on any atom is -0.360 e. The Balaban J connectivity index is 0.000000514. The van der Waals surface area contributed by atoms with Crippen LogP contribution in [0.2, 0.25) is 0 Å². The first kappa shape index (κ1) is 11.8. The third-order valence-corrected chi connectivity index (χ3v) is 2.63. The van der Waals surface area contributed by atoms with Gasteiger partial charge in [0.05, 0.1) is 11.3 Å². The first-order valence-electron chi connectivity index (χ1n) is 6.10. The third kappa shape index (κ3) is 2.35. The zero-order valence-corrected chi connectivity index (χ0v) is 10.5. The van der Waals surface area contributed by atoms with Crippen molar-refractivity contribution in [2.45, 2.75) is 39.5 Å². The van der Waals surface area contributed by atoms with E-state index in [4.69, 9.17) is 4.52 Å². The van der Waals surface area contributed by atoms with Gasteiger partial charge in [0.15, 0.2) is 11.6 Å². The summed E-state index contributed by atoms with van der Waals surface area (Å²) in [4.78, 5) is 8.48. The molecular formula is C13H17N3O. The van der Waals surface area contributed by atoms with Gasteiger partial charge in [-0.25, -0.2) is 9.97 Å². The molecule has 2 aromatic rings. The van der Waals surface area contributed by atoms with Crippen LogP contribution < -0.4 is 0 Å². The summed E-state index contributed by atoms with van der Waals surface area (Å²) in [5, 5.41) is 4.00. The van der Waals surface area contributed by atoms with Crippen molar-refractivity contribution in [2.75, 3.05) is 0 Å². The molecule has 0 atom stereocenters. The summed E-state index contributed by atoms with van der Waals surface area (Å²) in [5.41, 5.74) is 1.86. The molecule has 2 aromatic heterocycles. The molecule has 0 saturated heterocycles. The van der Waals surface area contributed by atoms with E-state index in [1.54, 1.807) is 12.4 Å². The molecular weight excluding hydrogens is 214 g/mol. The van der Waals surface area contributed by atoms with Crippen LogP contribution in [0.15, 0.2) is 23.0 Å². The second kappa shape index (κ2) is 5.08. The number of rotatable bonds is 2. The average molecular weight is 231 g/mol. The summed E-state index contributed by atoms with van der Waals surface area (Å²) in [6, 6.07) is 1.81. The largest absolute Gasteiger partial charge is 0.360 e. The minimum atomic E-state index is 0.532. The van der Waals surface area contributed by atoms with E-state index in [1.807, 2.05) is 26.8 Å². The molecule has 0 aliphatic heterocycles. The summed E-state index contributed by atoms with van der Waals surface area (Å²) in [7, 11) is 0. The first-order valence-corrected chi connectivity index (χ1v) is 6.10. The van der Waals surface area contributed by atoms with E-state index < -0.39 is 0 Å². The highest BCUT2D eigenvalue weighted by atomic mass is 16.5. The van der Waals surface area contributed by atoms with Crippen LogP contribution in [-0.2, 0) is 0 Å². The molecule has 0 bridgehead atoms. The fraction of sp³-hybridized carbons (Fsp3) is 0.462. The molecule has 0 unspecified atom stereocenters. The zero-order chi connectivity index (χ0) is 12.3. The molecule has 0 radical (unpaired) electrons. The molecule has 4 nitrogen and oxygen atoms in total. The number of hydrogen-bond acceptors (Lipinski definition) is 4. The maximum atomic E-state index is 5.34. The number of nitrogens with zero attached hydrogens (tertiary/aromatic N) is 3. The molecule has 1 aliphatic rings. The minimum absolute atomic E-state index is 0.532. The Morgan fingerprint density at radius 1 is 1.18 bits per heavy atom. The van der Waals surface area contributed by atoms with Crippen LogP contribution in [-0.4, -0.2) is 15.1 Å². The summed E-state index contributed by atoms with van der Waals surface area (Å²) in [6.45, 7) is 5.93. The van der Waals surface area contributed by atoms with Crippen LogP contribution in [0, 0.1) is 6.92 Å². The Morgan fingerprint density at radius 3 is 2.41 bits per heavy atom. The van der Waals surface area contributed by atoms with Crippen LogP contribution in [0.3, 0.4) is 0 Å². The molecule has 0 N–H and O–H groups in total. The molecule has 0 aromatic carbocycles. The van der Waals surface area contributed by atoms with Gasteiger partial charge >= 0.3 is 0 Å². The lowest BCUT2D eigenvalue weighted by molar-refractivity contribution is 0.381. The Hall–Kier alpha value is -1.71. The lowest BCUT2D eigenvalue weighted by Crippen LogP contribution is -1.90. The van der Waals surface area contributed by atoms with Gasteiger partial charge in [-0.2, -0.15) is 0 Å². The van der Waals surface area contributed by atoms with Crippen molar-refractivity contribution in [1.29, 1.82) is 0 Å².